The van der Waals surface area contributed by atoms with Gasteiger partial charge in [0.25, 0.3) is 0 Å². The number of hydrogen-bond donors (Lipinski definition) is 1. The summed E-state index contributed by atoms with van der Waals surface area (Å²) in [5.41, 5.74) is 6.18. The number of methoxy groups -OCH3 is 1. The van der Waals surface area contributed by atoms with Crippen LogP contribution in [0, 0.1) is 0 Å². The first kappa shape index (κ1) is 15.0. The van der Waals surface area contributed by atoms with E-state index in [1.807, 2.05) is 74.5 Å². The lowest BCUT2D eigenvalue weighted by Crippen LogP contribution is -1.79. The maximum absolute atomic E-state index is 5.36. The Hall–Kier alpha value is -1.96. The van der Waals surface area contributed by atoms with Crippen molar-refractivity contribution in [1.82, 2.24) is 0 Å². The van der Waals surface area contributed by atoms with Crippen molar-refractivity contribution in [3.8, 4) is 5.75 Å². The maximum Gasteiger partial charge on any atom is 0.118 e. The van der Waals surface area contributed by atoms with Gasteiger partial charge in [-0.25, -0.2) is 0 Å². The van der Waals surface area contributed by atoms with E-state index < -0.39 is 0 Å². The van der Waals surface area contributed by atoms with Gasteiger partial charge in [-0.2, -0.15) is 0 Å². The number of rotatable bonds is 1. The van der Waals surface area contributed by atoms with Crippen LogP contribution in [0.3, 0.4) is 0 Å². The average Bonchev–Trinajstić information content (AvgIpc) is 2.43. The molecule has 0 fully saturated rings. The van der Waals surface area contributed by atoms with Crippen LogP contribution in [-0.2, 0) is 0 Å². The van der Waals surface area contributed by atoms with Gasteiger partial charge in [-0.05, 0) is 24.3 Å². The van der Waals surface area contributed by atoms with Crippen molar-refractivity contribution in [1.29, 1.82) is 0 Å². The Morgan fingerprint density at radius 1 is 0.765 bits per heavy atom. The molecule has 2 aromatic rings. The summed E-state index contributed by atoms with van der Waals surface area (Å²) in [4.78, 5) is 0. The number of benzene rings is 2. The van der Waals surface area contributed by atoms with E-state index in [1.165, 1.54) is 0 Å². The van der Waals surface area contributed by atoms with Gasteiger partial charge in [0, 0.05) is 5.69 Å². The number of ether oxygens (including phenoxy) is 1. The molecule has 0 heterocycles. The number of nitrogen functional groups attached to an aromatic ring is 1. The molecule has 2 heteroatoms. The summed E-state index contributed by atoms with van der Waals surface area (Å²) in [6.07, 6.45) is 0. The molecule has 0 bridgehead atoms. The Kier molecular flexibility index (Phi) is 9.34. The summed E-state index contributed by atoms with van der Waals surface area (Å²) in [5, 5.41) is 0. The van der Waals surface area contributed by atoms with Crippen LogP contribution >= 0.6 is 0 Å². The zero-order valence-corrected chi connectivity index (χ0v) is 10.8. The van der Waals surface area contributed by atoms with Gasteiger partial charge in [0.1, 0.15) is 5.75 Å². The van der Waals surface area contributed by atoms with Crippen LogP contribution in [-0.4, -0.2) is 7.11 Å². The van der Waals surface area contributed by atoms with Gasteiger partial charge in [0.15, 0.2) is 0 Å². The van der Waals surface area contributed by atoms with Crippen LogP contribution in [0.4, 0.5) is 5.69 Å². The molecule has 0 aliphatic rings. The normalized spacial score (nSPS) is 7.94. The SMILES string of the molecule is CC.COc1ccccc1.Nc1ccccc1. The summed E-state index contributed by atoms with van der Waals surface area (Å²) in [6.45, 7) is 4.00. The average molecular weight is 231 g/mol. The molecule has 0 radical (unpaired) electrons. The Labute approximate surface area is 104 Å². The minimum atomic E-state index is 0.822. The number of anilines is 1. The van der Waals surface area contributed by atoms with Crippen LogP contribution in [0.5, 0.6) is 5.75 Å². The summed E-state index contributed by atoms with van der Waals surface area (Å²) in [5.74, 6) is 0.910. The third-order valence-electron chi connectivity index (χ3n) is 1.78. The summed E-state index contributed by atoms with van der Waals surface area (Å²) >= 11 is 0. The molecule has 2 nitrogen and oxygen atoms in total. The van der Waals surface area contributed by atoms with Crippen LogP contribution in [0.15, 0.2) is 60.7 Å². The van der Waals surface area contributed by atoms with Crippen molar-refractivity contribution >= 4 is 5.69 Å². The molecular weight excluding hydrogens is 210 g/mol. The minimum Gasteiger partial charge on any atom is -0.497 e. The van der Waals surface area contributed by atoms with Gasteiger partial charge in [-0.1, -0.05) is 50.2 Å². The third-order valence-corrected chi connectivity index (χ3v) is 1.78. The fourth-order valence-electron chi connectivity index (χ4n) is 1.01. The van der Waals surface area contributed by atoms with Crippen LogP contribution in [0.25, 0.3) is 0 Å². The molecule has 0 aliphatic heterocycles. The van der Waals surface area contributed by atoms with Gasteiger partial charge >= 0.3 is 0 Å². The zero-order chi connectivity index (χ0) is 12.9. The van der Waals surface area contributed by atoms with E-state index in [-0.39, 0.29) is 0 Å². The second-order valence-corrected chi connectivity index (χ2v) is 2.93. The van der Waals surface area contributed by atoms with Crippen molar-refractivity contribution in [2.75, 3.05) is 12.8 Å². The van der Waals surface area contributed by atoms with Crippen molar-refractivity contribution in [2.45, 2.75) is 13.8 Å². The second-order valence-electron chi connectivity index (χ2n) is 2.93. The van der Waals surface area contributed by atoms with Crippen molar-refractivity contribution in [3.63, 3.8) is 0 Å². The van der Waals surface area contributed by atoms with Crippen molar-refractivity contribution in [3.05, 3.63) is 60.7 Å². The van der Waals surface area contributed by atoms with Crippen LogP contribution < -0.4 is 10.5 Å². The highest BCUT2D eigenvalue weighted by Gasteiger charge is 1.80. The van der Waals surface area contributed by atoms with Gasteiger partial charge in [0.2, 0.25) is 0 Å². The van der Waals surface area contributed by atoms with E-state index in [2.05, 4.69) is 0 Å². The molecular formula is C15H21NO. The smallest absolute Gasteiger partial charge is 0.118 e. The Balaban J connectivity index is 0.000000265. The molecule has 0 saturated heterocycles. The van der Waals surface area contributed by atoms with Gasteiger partial charge in [0.05, 0.1) is 7.11 Å². The van der Waals surface area contributed by atoms with Crippen molar-refractivity contribution < 1.29 is 4.74 Å². The van der Waals surface area contributed by atoms with E-state index >= 15 is 0 Å². The first-order valence-corrected chi connectivity index (χ1v) is 5.72. The molecule has 92 valence electrons. The standard InChI is InChI=1S/C7H8O.C6H7N.C2H6/c1-8-7-5-3-2-4-6-7;7-6-4-2-1-3-5-6;1-2/h2-6H,1H3;1-5H,7H2;1-2H3. The maximum atomic E-state index is 5.36. The molecule has 2 aromatic carbocycles. The van der Waals surface area contributed by atoms with Crippen LogP contribution in [0.1, 0.15) is 13.8 Å². The molecule has 2 N–H and O–H groups in total. The third kappa shape index (κ3) is 7.91. The van der Waals surface area contributed by atoms with Crippen molar-refractivity contribution in [2.24, 2.45) is 0 Å². The molecule has 0 unspecified atom stereocenters. The fourth-order valence-corrected chi connectivity index (χ4v) is 1.01. The van der Waals surface area contributed by atoms with E-state index in [0.29, 0.717) is 0 Å². The lowest BCUT2D eigenvalue weighted by atomic mass is 10.3. The van der Waals surface area contributed by atoms with E-state index in [9.17, 15) is 0 Å². The Morgan fingerprint density at radius 3 is 1.41 bits per heavy atom. The fraction of sp³-hybridized carbons (Fsp3) is 0.200. The van der Waals surface area contributed by atoms with Gasteiger partial charge in [-0.3, -0.25) is 0 Å². The second kappa shape index (κ2) is 10.6. The van der Waals surface area contributed by atoms with E-state index in [0.717, 1.165) is 11.4 Å². The molecule has 0 atom stereocenters. The monoisotopic (exact) mass is 231 g/mol. The predicted octanol–water partition coefficient (Wildman–Crippen LogP) is 3.99. The minimum absolute atomic E-state index is 0.822. The quantitative estimate of drug-likeness (QED) is 0.753. The van der Waals surface area contributed by atoms with E-state index in [1.54, 1.807) is 7.11 Å². The molecule has 17 heavy (non-hydrogen) atoms. The molecule has 0 aromatic heterocycles. The number of hydrogen-bond acceptors (Lipinski definition) is 2. The lowest BCUT2D eigenvalue weighted by molar-refractivity contribution is 0.415. The first-order valence-electron chi connectivity index (χ1n) is 5.72. The summed E-state index contributed by atoms with van der Waals surface area (Å²) in [6, 6.07) is 19.2. The first-order chi connectivity index (χ1) is 8.33. The molecule has 2 rings (SSSR count). The molecule has 0 amide bonds. The number of nitrogens with two attached hydrogens (primary N) is 1. The zero-order valence-electron chi connectivity index (χ0n) is 10.8. The highest BCUT2D eigenvalue weighted by atomic mass is 16.5. The molecule has 0 spiro atoms. The number of para-hydroxylation sites is 2. The lowest BCUT2D eigenvalue weighted by Gasteiger charge is -1.93. The topological polar surface area (TPSA) is 35.2 Å². The molecule has 0 aliphatic carbocycles. The molecule has 0 saturated carbocycles. The summed E-state index contributed by atoms with van der Waals surface area (Å²) < 4.78 is 4.91. The highest BCUT2D eigenvalue weighted by molar-refractivity contribution is 5.35. The van der Waals surface area contributed by atoms with Gasteiger partial charge < -0.3 is 10.5 Å². The largest absolute Gasteiger partial charge is 0.497 e. The van der Waals surface area contributed by atoms with Crippen LogP contribution in [0.2, 0.25) is 0 Å². The predicted molar refractivity (Wildman–Crippen MR) is 75.2 cm³/mol. The Morgan fingerprint density at radius 2 is 1.18 bits per heavy atom. The summed E-state index contributed by atoms with van der Waals surface area (Å²) in [7, 11) is 1.66. The van der Waals surface area contributed by atoms with Gasteiger partial charge in [-0.15, -0.1) is 0 Å². The van der Waals surface area contributed by atoms with E-state index in [4.69, 9.17) is 10.5 Å². The Bertz CT molecular complexity index is 359. The highest BCUT2D eigenvalue weighted by Crippen LogP contribution is 2.05.